The van der Waals surface area contributed by atoms with E-state index >= 15 is 0 Å². The molecule has 1 saturated carbocycles. The Hall–Kier alpha value is -1.79. The highest BCUT2D eigenvalue weighted by atomic mass is 16.2. The fourth-order valence-electron chi connectivity index (χ4n) is 1.95. The fourth-order valence-corrected chi connectivity index (χ4v) is 1.95. The molecule has 3 heteroatoms. The van der Waals surface area contributed by atoms with Gasteiger partial charge in [-0.1, -0.05) is 30.4 Å². The predicted molar refractivity (Wildman–Crippen MR) is 70.1 cm³/mol. The van der Waals surface area contributed by atoms with Gasteiger partial charge in [0.2, 0.25) is 0 Å². The highest BCUT2D eigenvalue weighted by molar-refractivity contribution is 5.96. The molecule has 1 aliphatic rings. The molecular formula is C15H17NO2. The minimum atomic E-state index is -0.196. The van der Waals surface area contributed by atoms with Crippen LogP contribution in [0.15, 0.2) is 24.3 Å². The van der Waals surface area contributed by atoms with Crippen LogP contribution >= 0.6 is 0 Å². The van der Waals surface area contributed by atoms with Crippen LogP contribution in [0.1, 0.15) is 35.2 Å². The Morgan fingerprint density at radius 1 is 1.39 bits per heavy atom. The molecule has 0 aromatic heterocycles. The van der Waals surface area contributed by atoms with Crippen LogP contribution in [0.5, 0.6) is 0 Å². The second-order valence-electron chi connectivity index (χ2n) is 4.51. The largest absolute Gasteiger partial charge is 0.384 e. The molecule has 0 heterocycles. The van der Waals surface area contributed by atoms with Crippen LogP contribution in [0.2, 0.25) is 0 Å². The van der Waals surface area contributed by atoms with Gasteiger partial charge in [-0.15, -0.1) is 0 Å². The summed E-state index contributed by atoms with van der Waals surface area (Å²) in [5, 5.41) is 11.6. The first-order valence-corrected chi connectivity index (χ1v) is 6.28. The minimum absolute atomic E-state index is 0.0789. The van der Waals surface area contributed by atoms with Gasteiger partial charge >= 0.3 is 0 Å². The summed E-state index contributed by atoms with van der Waals surface area (Å²) in [7, 11) is 0. The second-order valence-corrected chi connectivity index (χ2v) is 4.51. The van der Waals surface area contributed by atoms with Crippen molar-refractivity contribution in [1.82, 2.24) is 5.32 Å². The Kier molecular flexibility index (Phi) is 4.38. The average Bonchev–Trinajstić information content (AvgIpc) is 2.34. The fraction of sp³-hybridized carbons (Fsp3) is 0.400. The van der Waals surface area contributed by atoms with E-state index in [0.29, 0.717) is 17.0 Å². The lowest BCUT2D eigenvalue weighted by atomic mass is 9.85. The number of amides is 1. The molecule has 94 valence electrons. The summed E-state index contributed by atoms with van der Waals surface area (Å²) < 4.78 is 0. The Morgan fingerprint density at radius 3 is 2.83 bits per heavy atom. The van der Waals surface area contributed by atoms with Crippen molar-refractivity contribution < 1.29 is 9.90 Å². The van der Waals surface area contributed by atoms with E-state index in [2.05, 4.69) is 17.2 Å². The van der Waals surface area contributed by atoms with E-state index in [0.717, 1.165) is 6.54 Å². The van der Waals surface area contributed by atoms with Crippen molar-refractivity contribution >= 4 is 5.91 Å². The summed E-state index contributed by atoms with van der Waals surface area (Å²) in [5.41, 5.74) is 1.25. The molecule has 2 rings (SSSR count). The number of nitrogens with one attached hydrogen (secondary N) is 1. The van der Waals surface area contributed by atoms with Gasteiger partial charge in [-0.05, 0) is 30.9 Å². The molecule has 1 amide bonds. The molecule has 0 unspecified atom stereocenters. The number of carbonyl (C=O) groups is 1. The molecule has 18 heavy (non-hydrogen) atoms. The van der Waals surface area contributed by atoms with Gasteiger partial charge in [0.1, 0.15) is 6.61 Å². The van der Waals surface area contributed by atoms with Crippen molar-refractivity contribution in [2.45, 2.75) is 19.3 Å². The number of benzene rings is 1. The van der Waals surface area contributed by atoms with Crippen molar-refractivity contribution in [1.29, 1.82) is 0 Å². The van der Waals surface area contributed by atoms with Crippen molar-refractivity contribution in [3.63, 3.8) is 0 Å². The van der Waals surface area contributed by atoms with E-state index < -0.39 is 0 Å². The van der Waals surface area contributed by atoms with Gasteiger partial charge in [-0.2, -0.15) is 0 Å². The molecule has 0 saturated heterocycles. The lowest BCUT2D eigenvalue weighted by Gasteiger charge is -2.25. The van der Waals surface area contributed by atoms with E-state index in [4.69, 9.17) is 5.11 Å². The molecule has 0 aliphatic heterocycles. The first kappa shape index (κ1) is 12.7. The minimum Gasteiger partial charge on any atom is -0.384 e. The summed E-state index contributed by atoms with van der Waals surface area (Å²) in [5.74, 6) is 5.94. The summed E-state index contributed by atoms with van der Waals surface area (Å²) in [4.78, 5) is 12.0. The monoisotopic (exact) mass is 243 g/mol. The lowest BCUT2D eigenvalue weighted by Crippen LogP contribution is -2.32. The average molecular weight is 243 g/mol. The Labute approximate surface area is 107 Å². The number of hydrogen-bond donors (Lipinski definition) is 2. The maximum absolute atomic E-state index is 12.0. The predicted octanol–water partition coefficient (Wildman–Crippen LogP) is 1.56. The van der Waals surface area contributed by atoms with E-state index in [1.165, 1.54) is 19.3 Å². The normalized spacial score (nSPS) is 14.3. The van der Waals surface area contributed by atoms with Gasteiger partial charge in [-0.3, -0.25) is 4.79 Å². The summed E-state index contributed by atoms with van der Waals surface area (Å²) in [6, 6.07) is 7.21. The number of aliphatic hydroxyl groups is 1. The van der Waals surface area contributed by atoms with E-state index in [1.807, 2.05) is 12.1 Å². The maximum atomic E-state index is 12.0. The topological polar surface area (TPSA) is 49.3 Å². The molecule has 1 aromatic rings. The molecule has 3 nitrogen and oxygen atoms in total. The lowest BCUT2D eigenvalue weighted by molar-refractivity contribution is 0.0939. The molecule has 0 radical (unpaired) electrons. The van der Waals surface area contributed by atoms with Gasteiger partial charge in [0.25, 0.3) is 5.91 Å². The first-order chi connectivity index (χ1) is 8.81. The molecule has 0 atom stereocenters. The molecule has 1 fully saturated rings. The summed E-state index contributed by atoms with van der Waals surface area (Å²) in [6.45, 7) is 0.554. The SMILES string of the molecule is O=C(NCC1CCC1)c1ccccc1C#CCO. The maximum Gasteiger partial charge on any atom is 0.252 e. The Balaban J connectivity index is 2.03. The molecule has 1 aliphatic carbocycles. The second kappa shape index (κ2) is 6.23. The van der Waals surface area contributed by atoms with Crippen molar-refractivity contribution in [2.75, 3.05) is 13.2 Å². The van der Waals surface area contributed by atoms with Gasteiger partial charge < -0.3 is 10.4 Å². The molecular weight excluding hydrogens is 226 g/mol. The van der Waals surface area contributed by atoms with Crippen LogP contribution < -0.4 is 5.32 Å². The van der Waals surface area contributed by atoms with Crippen LogP contribution in [0, 0.1) is 17.8 Å². The number of carbonyl (C=O) groups excluding carboxylic acids is 1. The van der Waals surface area contributed by atoms with Crippen molar-refractivity contribution in [2.24, 2.45) is 5.92 Å². The third-order valence-corrected chi connectivity index (χ3v) is 3.25. The highest BCUT2D eigenvalue weighted by Gasteiger charge is 2.18. The zero-order valence-electron chi connectivity index (χ0n) is 10.3. The van der Waals surface area contributed by atoms with E-state index in [-0.39, 0.29) is 12.5 Å². The molecule has 2 N–H and O–H groups in total. The number of hydrogen-bond acceptors (Lipinski definition) is 2. The quantitative estimate of drug-likeness (QED) is 0.792. The van der Waals surface area contributed by atoms with Gasteiger partial charge in [0, 0.05) is 12.1 Å². The van der Waals surface area contributed by atoms with Crippen LogP contribution in [-0.4, -0.2) is 24.2 Å². The zero-order chi connectivity index (χ0) is 12.8. The molecule has 0 spiro atoms. The summed E-state index contributed by atoms with van der Waals surface area (Å²) >= 11 is 0. The van der Waals surface area contributed by atoms with Crippen LogP contribution in [-0.2, 0) is 0 Å². The van der Waals surface area contributed by atoms with E-state index in [9.17, 15) is 4.79 Å². The third kappa shape index (κ3) is 3.12. The number of rotatable bonds is 3. The number of aliphatic hydroxyl groups excluding tert-OH is 1. The molecule has 1 aromatic carbocycles. The van der Waals surface area contributed by atoms with E-state index in [1.54, 1.807) is 12.1 Å². The first-order valence-electron chi connectivity index (χ1n) is 6.28. The van der Waals surface area contributed by atoms with Crippen molar-refractivity contribution in [3.05, 3.63) is 35.4 Å². The van der Waals surface area contributed by atoms with Crippen LogP contribution in [0.4, 0.5) is 0 Å². The Morgan fingerprint density at radius 2 is 2.17 bits per heavy atom. The molecule has 0 bridgehead atoms. The standard InChI is InChI=1S/C15H17NO2/c17-10-4-8-13-7-1-2-9-14(13)15(18)16-11-12-5-3-6-12/h1-2,7,9,12,17H,3,5-6,10-11H2,(H,16,18). The van der Waals surface area contributed by atoms with Crippen LogP contribution in [0.3, 0.4) is 0 Å². The van der Waals surface area contributed by atoms with Gasteiger partial charge in [0.15, 0.2) is 0 Å². The van der Waals surface area contributed by atoms with Gasteiger partial charge in [0.05, 0.1) is 5.56 Å². The van der Waals surface area contributed by atoms with Crippen molar-refractivity contribution in [3.8, 4) is 11.8 Å². The zero-order valence-corrected chi connectivity index (χ0v) is 10.3. The van der Waals surface area contributed by atoms with Crippen LogP contribution in [0.25, 0.3) is 0 Å². The van der Waals surface area contributed by atoms with Gasteiger partial charge in [-0.25, -0.2) is 0 Å². The third-order valence-electron chi connectivity index (χ3n) is 3.25. The highest BCUT2D eigenvalue weighted by Crippen LogP contribution is 2.25. The smallest absolute Gasteiger partial charge is 0.252 e. The summed E-state index contributed by atoms with van der Waals surface area (Å²) in [6.07, 6.45) is 3.71. The Bertz CT molecular complexity index is 481.